The largest absolute Gasteiger partial charge is 0.303 e. The Morgan fingerprint density at radius 1 is 1.17 bits per heavy atom. The highest BCUT2D eigenvalue weighted by molar-refractivity contribution is 7.89. The molecule has 0 saturated heterocycles. The number of imidazole rings is 1. The number of hydrogen-bond donors (Lipinski definition) is 0. The van der Waals surface area contributed by atoms with Gasteiger partial charge >= 0.3 is 0 Å². The first-order valence-electron chi connectivity index (χ1n) is 7.74. The van der Waals surface area contributed by atoms with Crippen LogP contribution in [0, 0.1) is 5.82 Å². The second kappa shape index (κ2) is 5.68. The van der Waals surface area contributed by atoms with Crippen LogP contribution in [0.25, 0.3) is 5.65 Å². The average Bonchev–Trinajstić information content (AvgIpc) is 3.33. The van der Waals surface area contributed by atoms with Gasteiger partial charge in [-0.15, -0.1) is 0 Å². The maximum Gasteiger partial charge on any atom is 0.243 e. The SMILES string of the molecule is O=S(=O)(c1ccc(F)cc1)N(Cc1cnc2ccccn12)C1CC1. The van der Waals surface area contributed by atoms with E-state index in [9.17, 15) is 12.8 Å². The first-order chi connectivity index (χ1) is 11.6. The third kappa shape index (κ3) is 2.70. The Balaban J connectivity index is 1.71. The number of sulfonamides is 1. The van der Waals surface area contributed by atoms with Crippen LogP contribution < -0.4 is 0 Å². The predicted octanol–water partition coefficient (Wildman–Crippen LogP) is 2.83. The Morgan fingerprint density at radius 3 is 2.62 bits per heavy atom. The molecule has 0 aliphatic heterocycles. The summed E-state index contributed by atoms with van der Waals surface area (Å²) in [6.07, 6.45) is 5.26. The van der Waals surface area contributed by atoms with E-state index in [2.05, 4.69) is 4.98 Å². The van der Waals surface area contributed by atoms with Crippen LogP contribution in [0.5, 0.6) is 0 Å². The van der Waals surface area contributed by atoms with E-state index in [4.69, 9.17) is 0 Å². The maximum atomic E-state index is 13.1. The lowest BCUT2D eigenvalue weighted by Gasteiger charge is -2.21. The van der Waals surface area contributed by atoms with Crippen LogP contribution in [-0.4, -0.2) is 28.1 Å². The van der Waals surface area contributed by atoms with Crippen molar-refractivity contribution in [1.82, 2.24) is 13.7 Å². The zero-order chi connectivity index (χ0) is 16.7. The predicted molar refractivity (Wildman–Crippen MR) is 87.3 cm³/mol. The molecule has 0 radical (unpaired) electrons. The summed E-state index contributed by atoms with van der Waals surface area (Å²) in [6, 6.07) is 10.6. The van der Waals surface area contributed by atoms with Crippen LogP contribution in [0.1, 0.15) is 18.5 Å². The normalized spacial score (nSPS) is 15.2. The number of hydrogen-bond acceptors (Lipinski definition) is 3. The van der Waals surface area contributed by atoms with Gasteiger partial charge < -0.3 is 4.40 Å². The van der Waals surface area contributed by atoms with Gasteiger partial charge in [0.25, 0.3) is 0 Å². The zero-order valence-electron chi connectivity index (χ0n) is 12.8. The molecule has 1 aliphatic rings. The molecule has 2 heterocycles. The van der Waals surface area contributed by atoms with Crippen LogP contribution in [-0.2, 0) is 16.6 Å². The maximum absolute atomic E-state index is 13.1. The van der Waals surface area contributed by atoms with E-state index in [-0.39, 0.29) is 17.5 Å². The first kappa shape index (κ1) is 15.3. The molecule has 3 aromatic rings. The highest BCUT2D eigenvalue weighted by Crippen LogP contribution is 2.33. The van der Waals surface area contributed by atoms with Crippen molar-refractivity contribution in [2.45, 2.75) is 30.3 Å². The van der Waals surface area contributed by atoms with Gasteiger partial charge in [0.05, 0.1) is 23.3 Å². The molecule has 0 amide bonds. The van der Waals surface area contributed by atoms with Crippen molar-refractivity contribution in [2.75, 3.05) is 0 Å². The Hall–Kier alpha value is -2.25. The highest BCUT2D eigenvalue weighted by atomic mass is 32.2. The van der Waals surface area contributed by atoms with E-state index in [0.717, 1.165) is 24.2 Å². The molecule has 1 saturated carbocycles. The van der Waals surface area contributed by atoms with E-state index in [1.54, 1.807) is 6.20 Å². The van der Waals surface area contributed by atoms with E-state index in [0.29, 0.717) is 0 Å². The van der Waals surface area contributed by atoms with Gasteiger partial charge in [0, 0.05) is 12.2 Å². The van der Waals surface area contributed by atoms with E-state index < -0.39 is 15.8 Å². The van der Waals surface area contributed by atoms with E-state index >= 15 is 0 Å². The molecule has 1 fully saturated rings. The quantitative estimate of drug-likeness (QED) is 0.714. The molecule has 1 aliphatic carbocycles. The first-order valence-corrected chi connectivity index (χ1v) is 9.18. The summed E-state index contributed by atoms with van der Waals surface area (Å²) in [5, 5.41) is 0. The summed E-state index contributed by atoms with van der Waals surface area (Å²) >= 11 is 0. The summed E-state index contributed by atoms with van der Waals surface area (Å²) in [5.41, 5.74) is 1.59. The minimum absolute atomic E-state index is 0.00526. The molecule has 0 atom stereocenters. The molecule has 24 heavy (non-hydrogen) atoms. The molecular weight excluding hydrogens is 329 g/mol. The monoisotopic (exact) mass is 345 g/mol. The van der Waals surface area contributed by atoms with Gasteiger partial charge in [-0.1, -0.05) is 6.07 Å². The number of nitrogens with zero attached hydrogens (tertiary/aromatic N) is 3. The van der Waals surface area contributed by atoms with Gasteiger partial charge in [0.1, 0.15) is 11.5 Å². The fourth-order valence-electron chi connectivity index (χ4n) is 2.78. The van der Waals surface area contributed by atoms with E-state index in [1.807, 2.05) is 28.8 Å². The van der Waals surface area contributed by atoms with Crippen molar-refractivity contribution in [3.63, 3.8) is 0 Å². The van der Waals surface area contributed by atoms with Crippen LogP contribution in [0.3, 0.4) is 0 Å². The smallest absolute Gasteiger partial charge is 0.243 e. The lowest BCUT2D eigenvalue weighted by atomic mass is 10.4. The van der Waals surface area contributed by atoms with Gasteiger partial charge in [-0.05, 0) is 49.2 Å². The third-order valence-electron chi connectivity index (χ3n) is 4.19. The third-order valence-corrected chi connectivity index (χ3v) is 6.10. The fraction of sp³-hybridized carbons (Fsp3) is 0.235. The van der Waals surface area contributed by atoms with Crippen molar-refractivity contribution in [3.05, 3.63) is 66.4 Å². The summed E-state index contributed by atoms with van der Waals surface area (Å²) in [6.45, 7) is 0.246. The van der Waals surface area contributed by atoms with Crippen molar-refractivity contribution in [3.8, 4) is 0 Å². The second-order valence-corrected chi connectivity index (χ2v) is 7.80. The van der Waals surface area contributed by atoms with E-state index in [1.165, 1.54) is 28.6 Å². The molecule has 2 aromatic heterocycles. The minimum atomic E-state index is -3.67. The number of fused-ring (bicyclic) bond motifs is 1. The molecule has 5 nitrogen and oxygen atoms in total. The summed E-state index contributed by atoms with van der Waals surface area (Å²) in [4.78, 5) is 4.43. The van der Waals surface area contributed by atoms with Crippen molar-refractivity contribution in [1.29, 1.82) is 0 Å². The average molecular weight is 345 g/mol. The zero-order valence-corrected chi connectivity index (χ0v) is 13.7. The molecule has 0 unspecified atom stereocenters. The Labute approximate surface area is 139 Å². The Morgan fingerprint density at radius 2 is 1.92 bits per heavy atom. The van der Waals surface area contributed by atoms with Gasteiger partial charge in [0.2, 0.25) is 10.0 Å². The van der Waals surface area contributed by atoms with Crippen LogP contribution in [0.2, 0.25) is 0 Å². The fourth-order valence-corrected chi connectivity index (χ4v) is 4.43. The Kier molecular flexibility index (Phi) is 3.62. The van der Waals surface area contributed by atoms with Gasteiger partial charge in [-0.2, -0.15) is 4.31 Å². The molecule has 0 spiro atoms. The minimum Gasteiger partial charge on any atom is -0.303 e. The van der Waals surface area contributed by atoms with Crippen molar-refractivity contribution in [2.24, 2.45) is 0 Å². The number of aromatic nitrogens is 2. The lowest BCUT2D eigenvalue weighted by Crippen LogP contribution is -2.33. The summed E-state index contributed by atoms with van der Waals surface area (Å²) in [5.74, 6) is -0.450. The summed E-state index contributed by atoms with van der Waals surface area (Å²) in [7, 11) is -3.67. The van der Waals surface area contributed by atoms with Crippen LogP contribution in [0.4, 0.5) is 4.39 Å². The molecule has 124 valence electrons. The lowest BCUT2D eigenvalue weighted by molar-refractivity contribution is 0.393. The van der Waals surface area contributed by atoms with Crippen LogP contribution in [0.15, 0.2) is 59.8 Å². The van der Waals surface area contributed by atoms with Gasteiger partial charge in [-0.3, -0.25) is 0 Å². The highest BCUT2D eigenvalue weighted by Gasteiger charge is 2.38. The summed E-state index contributed by atoms with van der Waals surface area (Å²) < 4.78 is 42.4. The van der Waals surface area contributed by atoms with Crippen LogP contribution >= 0.6 is 0 Å². The molecular formula is C17H16FN3O2S. The number of rotatable bonds is 5. The molecule has 1 aromatic carbocycles. The van der Waals surface area contributed by atoms with Crippen molar-refractivity contribution >= 4 is 15.7 Å². The standard InChI is InChI=1S/C17H16FN3O2S/c18-13-4-8-16(9-5-13)24(22,23)21(14-6-7-14)12-15-11-19-17-3-1-2-10-20(15)17/h1-5,8-11,14H,6-7,12H2. The molecule has 4 rings (SSSR count). The number of benzene rings is 1. The molecule has 0 bridgehead atoms. The molecule has 7 heteroatoms. The number of pyridine rings is 1. The van der Waals surface area contributed by atoms with Gasteiger partial charge in [-0.25, -0.2) is 17.8 Å². The second-order valence-electron chi connectivity index (χ2n) is 5.91. The molecule has 0 N–H and O–H groups in total. The Bertz CT molecular complexity index is 978. The van der Waals surface area contributed by atoms with Gasteiger partial charge in [0.15, 0.2) is 0 Å². The van der Waals surface area contributed by atoms with Crippen molar-refractivity contribution < 1.29 is 12.8 Å². The number of halogens is 1. The topological polar surface area (TPSA) is 54.7 Å².